The molecule has 2 aliphatic rings. The summed E-state index contributed by atoms with van der Waals surface area (Å²) < 4.78 is 4.97. The number of ether oxygens (including phenoxy) is 1. The second-order valence-electron chi connectivity index (χ2n) is 7.15. The van der Waals surface area contributed by atoms with Crippen LogP contribution in [0, 0.1) is 12.3 Å². The number of nitrogens with one attached hydrogen (secondary N) is 1. The number of aromatic nitrogens is 1. The lowest BCUT2D eigenvalue weighted by atomic mass is 10.0. The molecule has 0 aromatic carbocycles. The maximum absolute atomic E-state index is 12.9. The predicted octanol–water partition coefficient (Wildman–Crippen LogP) is -0.660. The van der Waals surface area contributed by atoms with Crippen LogP contribution in [0.4, 0.5) is 5.13 Å². The van der Waals surface area contributed by atoms with Gasteiger partial charge >= 0.3 is 11.9 Å². The van der Waals surface area contributed by atoms with Crippen LogP contribution in [0.3, 0.4) is 0 Å². The Kier molecular flexibility index (Phi) is 8.10. The Hall–Kier alpha value is -3.90. The van der Waals surface area contributed by atoms with Crippen LogP contribution < -0.4 is 11.1 Å². The van der Waals surface area contributed by atoms with E-state index in [9.17, 15) is 29.1 Å². The topological polar surface area (TPSA) is 191 Å². The Bertz CT molecular complexity index is 1180. The number of nitrogen functional groups attached to an aromatic ring is 1. The highest BCUT2D eigenvalue weighted by Gasteiger charge is 2.54. The third kappa shape index (κ3) is 5.78. The first-order valence-electron chi connectivity index (χ1n) is 9.84. The van der Waals surface area contributed by atoms with Crippen molar-refractivity contribution < 1.29 is 38.7 Å². The average Bonchev–Trinajstić information content (AvgIpc) is 3.23. The number of nitrogens with two attached hydrogens (primary N) is 1. The van der Waals surface area contributed by atoms with Crippen LogP contribution in [0.5, 0.6) is 0 Å². The van der Waals surface area contributed by atoms with Crippen molar-refractivity contribution in [3.8, 4) is 12.3 Å². The van der Waals surface area contributed by atoms with Crippen LogP contribution in [-0.2, 0) is 33.5 Å². The molecule has 0 spiro atoms. The average molecular weight is 522 g/mol. The number of carboxylic acid groups (broad SMARTS) is 1. The highest BCUT2D eigenvalue weighted by atomic mass is 32.2. The number of carbonyl (C=O) groups is 5. The Morgan fingerprint density at radius 1 is 1.43 bits per heavy atom. The van der Waals surface area contributed by atoms with Gasteiger partial charge in [-0.1, -0.05) is 11.1 Å². The van der Waals surface area contributed by atoms with Gasteiger partial charge in [0.15, 0.2) is 17.5 Å². The number of anilines is 1. The van der Waals surface area contributed by atoms with E-state index in [-0.39, 0.29) is 46.8 Å². The molecule has 2 atom stereocenters. The first-order chi connectivity index (χ1) is 16.6. The summed E-state index contributed by atoms with van der Waals surface area (Å²) in [6.45, 7) is 0.624. The zero-order chi connectivity index (χ0) is 25.7. The molecular formula is C20H19N5O8S2. The van der Waals surface area contributed by atoms with Gasteiger partial charge in [-0.15, -0.1) is 29.5 Å². The fourth-order valence-electron chi connectivity index (χ4n) is 3.16. The summed E-state index contributed by atoms with van der Waals surface area (Å²) in [5.74, 6) is -1.76. The number of amides is 2. The normalized spacial score (nSPS) is 19.3. The van der Waals surface area contributed by atoms with Crippen LogP contribution in [0.1, 0.15) is 19.0 Å². The summed E-state index contributed by atoms with van der Waals surface area (Å²) in [6.07, 6.45) is 4.68. The molecule has 35 heavy (non-hydrogen) atoms. The number of hydrogen-bond acceptors (Lipinski definition) is 12. The van der Waals surface area contributed by atoms with Gasteiger partial charge in [0.25, 0.3) is 11.8 Å². The smallest absolute Gasteiger partial charge is 0.352 e. The summed E-state index contributed by atoms with van der Waals surface area (Å²) in [5, 5.41) is 16.8. The molecule has 0 aliphatic carbocycles. The van der Waals surface area contributed by atoms with Crippen LogP contribution in [-0.4, -0.2) is 80.6 Å². The van der Waals surface area contributed by atoms with E-state index in [0.29, 0.717) is 0 Å². The van der Waals surface area contributed by atoms with E-state index in [4.69, 9.17) is 21.7 Å². The van der Waals surface area contributed by atoms with Crippen molar-refractivity contribution >= 4 is 63.5 Å². The maximum atomic E-state index is 12.9. The van der Waals surface area contributed by atoms with Crippen LogP contribution in [0.15, 0.2) is 21.8 Å². The number of aliphatic carboxylic acids is 1. The molecule has 184 valence electrons. The number of esters is 1. The lowest BCUT2D eigenvalue weighted by Crippen LogP contribution is -2.71. The van der Waals surface area contributed by atoms with Gasteiger partial charge in [0, 0.05) is 16.7 Å². The van der Waals surface area contributed by atoms with Gasteiger partial charge in [-0.25, -0.2) is 9.78 Å². The molecule has 2 aliphatic heterocycles. The first-order valence-corrected chi connectivity index (χ1v) is 11.8. The molecule has 2 amide bonds. The Morgan fingerprint density at radius 2 is 2.17 bits per heavy atom. The van der Waals surface area contributed by atoms with Gasteiger partial charge in [-0.2, -0.15) is 0 Å². The predicted molar refractivity (Wildman–Crippen MR) is 124 cm³/mol. The molecule has 0 unspecified atom stereocenters. The fraction of sp³-hybridized carbons (Fsp3) is 0.350. The molecule has 13 nitrogen and oxygen atoms in total. The number of ketones is 1. The number of β-lactam (4-membered cyclic amide) rings is 1. The number of rotatable bonds is 10. The minimum atomic E-state index is -1.39. The molecule has 0 radical (unpaired) electrons. The largest absolute Gasteiger partial charge is 0.477 e. The fourth-order valence-corrected chi connectivity index (χ4v) is 5.04. The lowest BCUT2D eigenvalue weighted by molar-refractivity contribution is -0.150. The number of oxime groups is 1. The van der Waals surface area contributed by atoms with E-state index < -0.39 is 47.4 Å². The monoisotopic (exact) mass is 521 g/mol. The minimum Gasteiger partial charge on any atom is -0.477 e. The number of fused-ring (bicyclic) bond motifs is 1. The molecule has 1 aromatic heterocycles. The highest BCUT2D eigenvalue weighted by molar-refractivity contribution is 8.00. The first kappa shape index (κ1) is 25.7. The van der Waals surface area contributed by atoms with E-state index in [1.165, 1.54) is 24.1 Å². The minimum absolute atomic E-state index is 0.114. The van der Waals surface area contributed by atoms with E-state index in [1.807, 2.05) is 0 Å². The number of nitrogens with zero attached hydrogens (tertiary/aromatic N) is 3. The molecule has 3 heterocycles. The van der Waals surface area contributed by atoms with Crippen molar-refractivity contribution in [1.29, 1.82) is 0 Å². The summed E-state index contributed by atoms with van der Waals surface area (Å²) in [5.41, 5.74) is 5.33. The molecule has 3 rings (SSSR count). The SMILES string of the molecule is C#CCO/N=C(\C(=O)N[C@@H]1C(=O)N2C(C(=O)O)=C(COC(=O)CC(C)=O)CS[C@H]12)c1csc(N)n1. The molecule has 1 fully saturated rings. The second kappa shape index (κ2) is 11.0. The van der Waals surface area contributed by atoms with Crippen molar-refractivity contribution in [2.45, 2.75) is 24.8 Å². The molecule has 4 N–H and O–H groups in total. The van der Waals surface area contributed by atoms with E-state index >= 15 is 0 Å². The third-order valence-corrected chi connectivity index (χ3v) is 6.63. The third-order valence-electron chi connectivity index (χ3n) is 4.62. The Labute approximate surface area is 206 Å². The zero-order valence-corrected chi connectivity index (χ0v) is 19.8. The van der Waals surface area contributed by atoms with Crippen molar-refractivity contribution in [2.24, 2.45) is 5.16 Å². The number of carbonyl (C=O) groups excluding carboxylic acids is 4. The van der Waals surface area contributed by atoms with Gasteiger partial charge in [-0.3, -0.25) is 24.1 Å². The molecule has 1 aromatic rings. The number of thioether (sulfide) groups is 1. The van der Waals surface area contributed by atoms with Crippen molar-refractivity contribution in [1.82, 2.24) is 15.2 Å². The van der Waals surface area contributed by atoms with E-state index in [2.05, 4.69) is 21.4 Å². The molecule has 0 bridgehead atoms. The summed E-state index contributed by atoms with van der Waals surface area (Å²) in [4.78, 5) is 70.1. The van der Waals surface area contributed by atoms with Gasteiger partial charge in [0.2, 0.25) is 0 Å². The van der Waals surface area contributed by atoms with Crippen molar-refractivity contribution in [3.05, 3.63) is 22.3 Å². The summed E-state index contributed by atoms with van der Waals surface area (Å²) in [7, 11) is 0. The standard InChI is InChI=1S/C20H19N5O8S2/c1-3-4-33-24-13(11-8-35-20(21)22-11)16(28)23-14-17(29)25-15(19(30)31)10(7-34-18(14)25)6-32-12(27)5-9(2)26/h1,8,14,18H,4-7H2,2H3,(H2,21,22)(H,23,28)(H,30,31)/b24-13-/t14-,18-/m1/s1. The lowest BCUT2D eigenvalue weighted by Gasteiger charge is -2.49. The Balaban J connectivity index is 1.74. The summed E-state index contributed by atoms with van der Waals surface area (Å²) in [6, 6.07) is -1.06. The number of terminal acetylenes is 1. The van der Waals surface area contributed by atoms with Crippen LogP contribution in [0.2, 0.25) is 0 Å². The van der Waals surface area contributed by atoms with Crippen LogP contribution in [0.25, 0.3) is 0 Å². The van der Waals surface area contributed by atoms with Crippen molar-refractivity contribution in [2.75, 3.05) is 24.7 Å². The number of carboxylic acids is 1. The Morgan fingerprint density at radius 3 is 2.77 bits per heavy atom. The van der Waals surface area contributed by atoms with Crippen molar-refractivity contribution in [3.63, 3.8) is 0 Å². The maximum Gasteiger partial charge on any atom is 0.352 e. The number of thiazole rings is 1. The second-order valence-corrected chi connectivity index (χ2v) is 9.14. The summed E-state index contributed by atoms with van der Waals surface area (Å²) >= 11 is 2.24. The zero-order valence-electron chi connectivity index (χ0n) is 18.2. The van der Waals surface area contributed by atoms with Gasteiger partial charge in [0.05, 0.1) is 0 Å². The molecule has 15 heteroatoms. The van der Waals surface area contributed by atoms with Gasteiger partial charge in [0.1, 0.15) is 41.6 Å². The van der Waals surface area contributed by atoms with Crippen LogP contribution >= 0.6 is 23.1 Å². The number of hydrogen-bond donors (Lipinski definition) is 3. The quantitative estimate of drug-likeness (QED) is 0.0674. The van der Waals surface area contributed by atoms with Gasteiger partial charge < -0.3 is 25.7 Å². The highest BCUT2D eigenvalue weighted by Crippen LogP contribution is 2.40. The van der Waals surface area contributed by atoms with E-state index in [0.717, 1.165) is 16.2 Å². The molecule has 1 saturated heterocycles. The molecule has 0 saturated carbocycles. The van der Waals surface area contributed by atoms with Gasteiger partial charge in [-0.05, 0) is 6.92 Å². The van der Waals surface area contributed by atoms with E-state index in [1.54, 1.807) is 0 Å². The number of Topliss-reactive ketones (excluding diaryl/α,β-unsaturated/α-hetero) is 1. The molecular weight excluding hydrogens is 502 g/mol.